The fourth-order valence-electron chi connectivity index (χ4n) is 1.98. The number of rotatable bonds is 3. The SMILES string of the molecule is Cc1cc(O)ccc1NC(C)c1cccc(Cl)c1Cl. The Morgan fingerprint density at radius 1 is 1.16 bits per heavy atom. The van der Waals surface area contributed by atoms with Gasteiger partial charge in [-0.1, -0.05) is 35.3 Å². The summed E-state index contributed by atoms with van der Waals surface area (Å²) in [6.45, 7) is 3.96. The van der Waals surface area contributed by atoms with E-state index in [4.69, 9.17) is 23.2 Å². The zero-order valence-corrected chi connectivity index (χ0v) is 12.3. The maximum Gasteiger partial charge on any atom is 0.115 e. The number of halogens is 2. The molecule has 1 atom stereocenters. The van der Waals surface area contributed by atoms with Gasteiger partial charge in [-0.15, -0.1) is 0 Å². The lowest BCUT2D eigenvalue weighted by Gasteiger charge is -2.19. The summed E-state index contributed by atoms with van der Waals surface area (Å²) in [5, 5.41) is 13.9. The molecule has 1 unspecified atom stereocenters. The highest BCUT2D eigenvalue weighted by Crippen LogP contribution is 2.32. The molecule has 0 saturated heterocycles. The predicted molar refractivity (Wildman–Crippen MR) is 81.3 cm³/mol. The molecule has 2 nitrogen and oxygen atoms in total. The van der Waals surface area contributed by atoms with Gasteiger partial charge in [-0.2, -0.15) is 0 Å². The van der Waals surface area contributed by atoms with Crippen molar-refractivity contribution in [3.05, 3.63) is 57.6 Å². The molecular formula is C15H15Cl2NO. The molecule has 0 heterocycles. The fourth-order valence-corrected chi connectivity index (χ4v) is 2.45. The lowest BCUT2D eigenvalue weighted by atomic mass is 10.1. The van der Waals surface area contributed by atoms with Crippen molar-refractivity contribution in [1.82, 2.24) is 0 Å². The second-order valence-electron chi connectivity index (χ2n) is 4.51. The van der Waals surface area contributed by atoms with Crippen molar-refractivity contribution < 1.29 is 5.11 Å². The average molecular weight is 296 g/mol. The molecule has 0 aliphatic carbocycles. The van der Waals surface area contributed by atoms with E-state index >= 15 is 0 Å². The van der Waals surface area contributed by atoms with E-state index in [9.17, 15) is 5.11 Å². The van der Waals surface area contributed by atoms with E-state index in [1.807, 2.05) is 32.0 Å². The van der Waals surface area contributed by atoms with Crippen LogP contribution in [0.5, 0.6) is 5.75 Å². The van der Waals surface area contributed by atoms with Crippen LogP contribution in [0.3, 0.4) is 0 Å². The van der Waals surface area contributed by atoms with E-state index in [1.165, 1.54) is 0 Å². The highest BCUT2D eigenvalue weighted by molar-refractivity contribution is 6.42. The number of hydrogen-bond donors (Lipinski definition) is 2. The van der Waals surface area contributed by atoms with Crippen LogP contribution in [0.25, 0.3) is 0 Å². The van der Waals surface area contributed by atoms with Gasteiger partial charge >= 0.3 is 0 Å². The van der Waals surface area contributed by atoms with E-state index in [0.29, 0.717) is 10.0 Å². The van der Waals surface area contributed by atoms with Crippen molar-refractivity contribution in [3.8, 4) is 5.75 Å². The molecule has 2 N–H and O–H groups in total. The number of aryl methyl sites for hydroxylation is 1. The first-order chi connectivity index (χ1) is 8.99. The number of aromatic hydroxyl groups is 1. The smallest absolute Gasteiger partial charge is 0.115 e. The van der Waals surface area contributed by atoms with Crippen LogP contribution in [0.2, 0.25) is 10.0 Å². The van der Waals surface area contributed by atoms with Gasteiger partial charge in [-0.05, 0) is 49.2 Å². The number of phenols is 1. The quantitative estimate of drug-likeness (QED) is 0.765. The number of nitrogens with one attached hydrogen (secondary N) is 1. The van der Waals surface area contributed by atoms with Crippen LogP contribution in [-0.4, -0.2) is 5.11 Å². The van der Waals surface area contributed by atoms with Crippen molar-refractivity contribution in [1.29, 1.82) is 0 Å². The maximum atomic E-state index is 9.40. The summed E-state index contributed by atoms with van der Waals surface area (Å²) in [6, 6.07) is 10.8. The summed E-state index contributed by atoms with van der Waals surface area (Å²) in [5.74, 6) is 0.261. The minimum Gasteiger partial charge on any atom is -0.508 e. The predicted octanol–water partition coefficient (Wildman–Crippen LogP) is 5.18. The molecule has 2 rings (SSSR count). The van der Waals surface area contributed by atoms with Gasteiger partial charge in [-0.25, -0.2) is 0 Å². The maximum absolute atomic E-state index is 9.40. The van der Waals surface area contributed by atoms with Crippen LogP contribution in [0.4, 0.5) is 5.69 Å². The first-order valence-electron chi connectivity index (χ1n) is 5.99. The number of phenolic OH excluding ortho intramolecular Hbond substituents is 1. The zero-order chi connectivity index (χ0) is 14.0. The Morgan fingerprint density at radius 2 is 1.89 bits per heavy atom. The van der Waals surface area contributed by atoms with E-state index in [-0.39, 0.29) is 11.8 Å². The van der Waals surface area contributed by atoms with Gasteiger partial charge < -0.3 is 10.4 Å². The van der Waals surface area contributed by atoms with Gasteiger partial charge in [0.2, 0.25) is 0 Å². The van der Waals surface area contributed by atoms with E-state index in [2.05, 4.69) is 5.32 Å². The lowest BCUT2D eigenvalue weighted by molar-refractivity contribution is 0.475. The molecule has 0 spiro atoms. The summed E-state index contributed by atoms with van der Waals surface area (Å²) in [4.78, 5) is 0. The van der Waals surface area contributed by atoms with E-state index < -0.39 is 0 Å². The van der Waals surface area contributed by atoms with Gasteiger partial charge in [-0.3, -0.25) is 0 Å². The second kappa shape index (κ2) is 5.72. The van der Waals surface area contributed by atoms with E-state index in [0.717, 1.165) is 16.8 Å². The Labute approximate surface area is 123 Å². The third kappa shape index (κ3) is 3.14. The molecule has 0 bridgehead atoms. The summed E-state index contributed by atoms with van der Waals surface area (Å²) in [5.41, 5.74) is 2.88. The van der Waals surface area contributed by atoms with Gasteiger partial charge in [0.1, 0.15) is 5.75 Å². The topological polar surface area (TPSA) is 32.3 Å². The van der Waals surface area contributed by atoms with E-state index in [1.54, 1.807) is 18.2 Å². The van der Waals surface area contributed by atoms with Crippen LogP contribution in [0, 0.1) is 6.92 Å². The lowest BCUT2D eigenvalue weighted by Crippen LogP contribution is -2.08. The summed E-state index contributed by atoms with van der Waals surface area (Å²) >= 11 is 12.2. The van der Waals surface area contributed by atoms with Crippen LogP contribution >= 0.6 is 23.2 Å². The Morgan fingerprint density at radius 3 is 2.58 bits per heavy atom. The van der Waals surface area contributed by atoms with Crippen molar-refractivity contribution in [3.63, 3.8) is 0 Å². The van der Waals surface area contributed by atoms with Crippen LogP contribution in [-0.2, 0) is 0 Å². The number of hydrogen-bond acceptors (Lipinski definition) is 2. The Balaban J connectivity index is 2.25. The highest BCUT2D eigenvalue weighted by atomic mass is 35.5. The minimum absolute atomic E-state index is 0.0226. The first-order valence-corrected chi connectivity index (χ1v) is 6.74. The monoisotopic (exact) mass is 295 g/mol. The fraction of sp³-hybridized carbons (Fsp3) is 0.200. The second-order valence-corrected chi connectivity index (χ2v) is 5.29. The Bertz CT molecular complexity index is 599. The third-order valence-electron chi connectivity index (χ3n) is 3.03. The highest BCUT2D eigenvalue weighted by Gasteiger charge is 2.12. The zero-order valence-electron chi connectivity index (χ0n) is 10.7. The van der Waals surface area contributed by atoms with Crippen LogP contribution in [0.15, 0.2) is 36.4 Å². The molecular weight excluding hydrogens is 281 g/mol. The molecule has 0 saturated carbocycles. The number of anilines is 1. The molecule has 0 radical (unpaired) electrons. The molecule has 0 fully saturated rings. The van der Waals surface area contributed by atoms with Crippen LogP contribution < -0.4 is 5.32 Å². The molecule has 0 aliphatic rings. The summed E-state index contributed by atoms with van der Waals surface area (Å²) in [6.07, 6.45) is 0. The van der Waals surface area contributed by atoms with Crippen molar-refractivity contribution in [2.75, 3.05) is 5.32 Å². The Hall–Kier alpha value is -1.38. The average Bonchev–Trinajstić information content (AvgIpc) is 2.36. The standard InChI is InChI=1S/C15H15Cl2NO/c1-9-8-11(19)6-7-14(9)18-10(2)12-4-3-5-13(16)15(12)17/h3-8,10,18-19H,1-2H3. The van der Waals surface area contributed by atoms with Gasteiger partial charge in [0.25, 0.3) is 0 Å². The Kier molecular flexibility index (Phi) is 4.23. The molecule has 2 aromatic rings. The summed E-state index contributed by atoms with van der Waals surface area (Å²) in [7, 11) is 0. The molecule has 2 aromatic carbocycles. The molecule has 0 aromatic heterocycles. The normalized spacial score (nSPS) is 12.2. The molecule has 19 heavy (non-hydrogen) atoms. The molecule has 100 valence electrons. The third-order valence-corrected chi connectivity index (χ3v) is 3.86. The van der Waals surface area contributed by atoms with Crippen LogP contribution in [0.1, 0.15) is 24.1 Å². The first kappa shape index (κ1) is 14.0. The minimum atomic E-state index is 0.0226. The number of benzene rings is 2. The van der Waals surface area contributed by atoms with Gasteiger partial charge in [0, 0.05) is 5.69 Å². The molecule has 4 heteroatoms. The largest absolute Gasteiger partial charge is 0.508 e. The molecule has 0 amide bonds. The summed E-state index contributed by atoms with van der Waals surface area (Å²) < 4.78 is 0. The molecule has 0 aliphatic heterocycles. The van der Waals surface area contributed by atoms with Gasteiger partial charge in [0.15, 0.2) is 0 Å². The van der Waals surface area contributed by atoms with Crippen molar-refractivity contribution in [2.45, 2.75) is 19.9 Å². The van der Waals surface area contributed by atoms with Crippen molar-refractivity contribution >= 4 is 28.9 Å². The van der Waals surface area contributed by atoms with Crippen molar-refractivity contribution in [2.24, 2.45) is 0 Å². The van der Waals surface area contributed by atoms with Gasteiger partial charge in [0.05, 0.1) is 16.1 Å².